The molecule has 5 nitrogen and oxygen atoms in total. The summed E-state index contributed by atoms with van der Waals surface area (Å²) in [6.07, 6.45) is 1.46. The van der Waals surface area contributed by atoms with E-state index in [2.05, 4.69) is 27.7 Å². The normalized spacial score (nSPS) is 13.1. The second kappa shape index (κ2) is 10.5. The van der Waals surface area contributed by atoms with Crippen molar-refractivity contribution >= 4 is 16.0 Å². The summed E-state index contributed by atoms with van der Waals surface area (Å²) >= 11 is 0. The Morgan fingerprint density at radius 1 is 1.00 bits per heavy atom. The van der Waals surface area contributed by atoms with Gasteiger partial charge in [-0.25, -0.2) is 4.39 Å². The van der Waals surface area contributed by atoms with Crippen LogP contribution in [0.25, 0.3) is 0 Å². The lowest BCUT2D eigenvalue weighted by molar-refractivity contribution is -0.134. The lowest BCUT2D eigenvalue weighted by atomic mass is 9.84. The summed E-state index contributed by atoms with van der Waals surface area (Å²) in [7, 11) is -4.05. The zero-order valence-electron chi connectivity index (χ0n) is 19.8. The average Bonchev–Trinajstić information content (AvgIpc) is 2.65. The van der Waals surface area contributed by atoms with E-state index < -0.39 is 15.9 Å². The first kappa shape index (κ1) is 25.8. The fraction of sp³-hybridized carbons (Fsp3) is 0.480. The Hall–Kier alpha value is -2.41. The van der Waals surface area contributed by atoms with E-state index in [-0.39, 0.29) is 33.9 Å². The van der Waals surface area contributed by atoms with Gasteiger partial charge in [0.2, 0.25) is 5.91 Å². The van der Waals surface area contributed by atoms with Crippen molar-refractivity contribution in [2.24, 2.45) is 11.3 Å². The molecule has 0 fully saturated rings. The molecule has 0 N–H and O–H groups in total. The van der Waals surface area contributed by atoms with E-state index in [9.17, 15) is 17.6 Å². The highest BCUT2D eigenvalue weighted by atomic mass is 32.2. The fourth-order valence-corrected chi connectivity index (χ4v) is 4.64. The summed E-state index contributed by atoms with van der Waals surface area (Å²) < 4.78 is 42.9. The number of carbonyl (C=O) groups excluding carboxylic acids is 1. The van der Waals surface area contributed by atoms with Gasteiger partial charge in [-0.2, -0.15) is 8.42 Å². The quantitative estimate of drug-likeness (QED) is 0.441. The van der Waals surface area contributed by atoms with Gasteiger partial charge in [-0.3, -0.25) is 4.79 Å². The van der Waals surface area contributed by atoms with Crippen molar-refractivity contribution in [3.05, 3.63) is 59.9 Å². The number of carbonyl (C=O) groups is 1. The van der Waals surface area contributed by atoms with Crippen LogP contribution in [0.4, 0.5) is 4.39 Å². The third-order valence-corrected chi connectivity index (χ3v) is 6.27. The molecule has 0 spiro atoms. The third kappa shape index (κ3) is 7.93. The minimum absolute atomic E-state index is 0.0408. The standard InChI is InChI=1S/C25H34FNO4S/c1-18(2)27(24(28)15-19(3)16-25(4,5)6)17-20-7-11-22(12-8-20)31-32(29,30)23-13-9-21(26)10-14-23/h7-14,18-19H,15-17H2,1-6H3. The number of amides is 1. The summed E-state index contributed by atoms with van der Waals surface area (Å²) in [6.45, 7) is 13.0. The molecule has 0 radical (unpaired) electrons. The van der Waals surface area contributed by atoms with Crippen molar-refractivity contribution in [2.75, 3.05) is 0 Å². The Kier molecular flexibility index (Phi) is 8.46. The van der Waals surface area contributed by atoms with Crippen molar-refractivity contribution in [1.82, 2.24) is 4.90 Å². The molecule has 1 unspecified atom stereocenters. The zero-order valence-corrected chi connectivity index (χ0v) is 20.6. The van der Waals surface area contributed by atoms with Crippen LogP contribution in [-0.2, 0) is 21.5 Å². The van der Waals surface area contributed by atoms with Crippen LogP contribution in [0.3, 0.4) is 0 Å². The summed E-state index contributed by atoms with van der Waals surface area (Å²) in [5, 5.41) is 0. The maximum atomic E-state index is 13.0. The molecule has 0 aromatic heterocycles. The lowest BCUT2D eigenvalue weighted by Crippen LogP contribution is -2.37. The molecule has 2 aromatic rings. The fourth-order valence-electron chi connectivity index (χ4n) is 3.71. The Bertz CT molecular complexity index is 994. The van der Waals surface area contributed by atoms with E-state index in [1.54, 1.807) is 24.3 Å². The van der Waals surface area contributed by atoms with Crippen LogP contribution in [0.5, 0.6) is 5.75 Å². The van der Waals surface area contributed by atoms with Gasteiger partial charge in [0.15, 0.2) is 0 Å². The molecule has 2 rings (SSSR count). The molecule has 0 aliphatic heterocycles. The Labute approximate surface area is 191 Å². The van der Waals surface area contributed by atoms with E-state index in [1.807, 2.05) is 18.7 Å². The van der Waals surface area contributed by atoms with E-state index in [0.717, 1.165) is 36.2 Å². The maximum Gasteiger partial charge on any atom is 0.339 e. The molecule has 7 heteroatoms. The molecule has 2 aromatic carbocycles. The first-order valence-electron chi connectivity index (χ1n) is 10.9. The van der Waals surface area contributed by atoms with E-state index in [1.165, 1.54) is 0 Å². The number of nitrogens with zero attached hydrogens (tertiary/aromatic N) is 1. The maximum absolute atomic E-state index is 13.0. The molecule has 0 aliphatic rings. The smallest absolute Gasteiger partial charge is 0.339 e. The molecule has 176 valence electrons. The van der Waals surface area contributed by atoms with Gasteiger partial charge >= 0.3 is 10.1 Å². The van der Waals surface area contributed by atoms with Gasteiger partial charge in [0, 0.05) is 19.0 Å². The molecule has 0 bridgehead atoms. The van der Waals surface area contributed by atoms with Gasteiger partial charge in [0.1, 0.15) is 16.5 Å². The highest BCUT2D eigenvalue weighted by Gasteiger charge is 2.23. The highest BCUT2D eigenvalue weighted by molar-refractivity contribution is 7.87. The van der Waals surface area contributed by atoms with Gasteiger partial charge in [-0.1, -0.05) is 39.8 Å². The van der Waals surface area contributed by atoms with Gasteiger partial charge in [-0.05, 0) is 73.6 Å². The SMILES string of the molecule is CC(CC(=O)N(Cc1ccc(OS(=O)(=O)c2ccc(F)cc2)cc1)C(C)C)CC(C)(C)C. The highest BCUT2D eigenvalue weighted by Crippen LogP contribution is 2.27. The van der Waals surface area contributed by atoms with Crippen LogP contribution < -0.4 is 4.18 Å². The number of rotatable bonds is 9. The van der Waals surface area contributed by atoms with Crippen molar-refractivity contribution in [3.8, 4) is 5.75 Å². The minimum Gasteiger partial charge on any atom is -0.379 e. The number of halogens is 1. The van der Waals surface area contributed by atoms with Crippen LogP contribution in [0.1, 0.15) is 59.9 Å². The predicted octanol–water partition coefficient (Wildman–Crippen LogP) is 5.79. The van der Waals surface area contributed by atoms with Crippen molar-refractivity contribution in [1.29, 1.82) is 0 Å². The van der Waals surface area contributed by atoms with Gasteiger partial charge in [0.25, 0.3) is 0 Å². The molecule has 1 atom stereocenters. The Balaban J connectivity index is 2.05. The number of benzene rings is 2. The largest absolute Gasteiger partial charge is 0.379 e. The van der Waals surface area contributed by atoms with E-state index in [0.29, 0.717) is 13.0 Å². The zero-order chi connectivity index (χ0) is 24.1. The number of hydrogen-bond donors (Lipinski definition) is 0. The van der Waals surface area contributed by atoms with Crippen LogP contribution in [0, 0.1) is 17.2 Å². The molecule has 32 heavy (non-hydrogen) atoms. The van der Waals surface area contributed by atoms with Gasteiger partial charge < -0.3 is 9.08 Å². The molecular weight excluding hydrogens is 429 g/mol. The topological polar surface area (TPSA) is 63.7 Å². The minimum atomic E-state index is -4.05. The molecule has 0 saturated carbocycles. The van der Waals surface area contributed by atoms with Crippen LogP contribution in [-0.4, -0.2) is 25.3 Å². The molecule has 0 heterocycles. The lowest BCUT2D eigenvalue weighted by Gasteiger charge is -2.30. The van der Waals surface area contributed by atoms with Crippen LogP contribution in [0.2, 0.25) is 0 Å². The van der Waals surface area contributed by atoms with Crippen molar-refractivity contribution in [3.63, 3.8) is 0 Å². The summed E-state index contributed by atoms with van der Waals surface area (Å²) in [6, 6.07) is 11.1. The first-order chi connectivity index (χ1) is 14.8. The monoisotopic (exact) mass is 463 g/mol. The summed E-state index contributed by atoms with van der Waals surface area (Å²) in [5.74, 6) is 0.0248. The average molecular weight is 464 g/mol. The second-order valence-electron chi connectivity index (χ2n) is 9.82. The van der Waals surface area contributed by atoms with Crippen LogP contribution >= 0.6 is 0 Å². The predicted molar refractivity (Wildman–Crippen MR) is 124 cm³/mol. The first-order valence-corrected chi connectivity index (χ1v) is 12.3. The van der Waals surface area contributed by atoms with E-state index in [4.69, 9.17) is 4.18 Å². The Morgan fingerprint density at radius 3 is 2.06 bits per heavy atom. The van der Waals surface area contributed by atoms with Crippen molar-refractivity contribution < 1.29 is 21.8 Å². The summed E-state index contributed by atoms with van der Waals surface area (Å²) in [4.78, 5) is 14.6. The van der Waals surface area contributed by atoms with E-state index >= 15 is 0 Å². The third-order valence-electron chi connectivity index (χ3n) is 5.01. The van der Waals surface area contributed by atoms with Crippen LogP contribution in [0.15, 0.2) is 53.4 Å². The van der Waals surface area contributed by atoms with Gasteiger partial charge in [0.05, 0.1) is 0 Å². The molecule has 0 aliphatic carbocycles. The molecule has 1 amide bonds. The van der Waals surface area contributed by atoms with Crippen molar-refractivity contribution in [2.45, 2.75) is 71.9 Å². The van der Waals surface area contributed by atoms with Gasteiger partial charge in [-0.15, -0.1) is 0 Å². The number of hydrogen-bond acceptors (Lipinski definition) is 4. The molecular formula is C25H34FNO4S. The summed E-state index contributed by atoms with van der Waals surface area (Å²) in [5.41, 5.74) is 1.05. The second-order valence-corrected chi connectivity index (χ2v) is 11.4. The Morgan fingerprint density at radius 2 is 1.56 bits per heavy atom. The molecule has 0 saturated heterocycles.